The fourth-order valence-electron chi connectivity index (χ4n) is 3.55. The third kappa shape index (κ3) is 5.21. The summed E-state index contributed by atoms with van der Waals surface area (Å²) in [5.41, 5.74) is 1.74. The van der Waals surface area contributed by atoms with Crippen molar-refractivity contribution in [1.82, 2.24) is 15.3 Å². The highest BCUT2D eigenvalue weighted by molar-refractivity contribution is 7.20. The Hall–Kier alpha value is -3.43. The number of carbonyl (C=O) groups is 1. The topological polar surface area (TPSA) is 76.1 Å². The smallest absolute Gasteiger partial charge is 0.348 e. The first-order valence-electron chi connectivity index (χ1n) is 10.9. The zero-order chi connectivity index (χ0) is 24.1. The molecule has 0 amide bonds. The van der Waals surface area contributed by atoms with Gasteiger partial charge in [0.15, 0.2) is 0 Å². The molecule has 4 rings (SSSR count). The second kappa shape index (κ2) is 10.7. The number of rotatable bonds is 9. The quantitative estimate of drug-likeness (QED) is 0.313. The lowest BCUT2D eigenvalue weighted by atomic mass is 10.2. The number of carbonyl (C=O) groups excluding carboxylic acids is 1. The van der Waals surface area contributed by atoms with Crippen LogP contribution in [0.4, 0.5) is 14.6 Å². The largest absolute Gasteiger partial charge is 0.462 e. The van der Waals surface area contributed by atoms with Gasteiger partial charge in [0.05, 0.1) is 18.5 Å². The van der Waals surface area contributed by atoms with Gasteiger partial charge in [0.1, 0.15) is 33.0 Å². The van der Waals surface area contributed by atoms with Crippen LogP contribution in [0, 0.1) is 18.6 Å². The second-order valence-corrected chi connectivity index (χ2v) is 8.58. The fourth-order valence-corrected chi connectivity index (χ4v) is 4.65. The highest BCUT2D eigenvalue weighted by Crippen LogP contribution is 2.34. The average molecular weight is 483 g/mol. The molecule has 0 unspecified atom stereocenters. The van der Waals surface area contributed by atoms with Crippen LogP contribution in [0.2, 0.25) is 0 Å². The van der Waals surface area contributed by atoms with Crippen LogP contribution in [-0.4, -0.2) is 22.5 Å². The molecule has 0 spiro atoms. The number of ether oxygens (including phenoxy) is 1. The molecule has 2 aromatic carbocycles. The summed E-state index contributed by atoms with van der Waals surface area (Å²) < 4.78 is 33.2. The monoisotopic (exact) mass is 482 g/mol. The first kappa shape index (κ1) is 23.7. The molecular formula is C25H24F2N4O2S. The van der Waals surface area contributed by atoms with Crippen LogP contribution in [0.15, 0.2) is 48.5 Å². The lowest BCUT2D eigenvalue weighted by Gasteiger charge is -2.11. The number of esters is 1. The number of nitrogens with one attached hydrogen (secondary N) is 2. The van der Waals surface area contributed by atoms with Gasteiger partial charge in [-0.1, -0.05) is 36.4 Å². The molecule has 6 nitrogen and oxygen atoms in total. The minimum absolute atomic E-state index is 0.213. The summed E-state index contributed by atoms with van der Waals surface area (Å²) in [6.45, 7) is 4.64. The lowest BCUT2D eigenvalue weighted by molar-refractivity contribution is 0.0531. The number of halogens is 2. The number of hydrogen-bond acceptors (Lipinski definition) is 7. The Kier molecular flexibility index (Phi) is 7.44. The molecule has 0 fully saturated rings. The van der Waals surface area contributed by atoms with E-state index >= 15 is 0 Å². The summed E-state index contributed by atoms with van der Waals surface area (Å²) >= 11 is 1.23. The van der Waals surface area contributed by atoms with Crippen LogP contribution < -0.4 is 10.6 Å². The highest BCUT2D eigenvalue weighted by Gasteiger charge is 2.21. The van der Waals surface area contributed by atoms with E-state index in [-0.39, 0.29) is 31.3 Å². The van der Waals surface area contributed by atoms with Gasteiger partial charge < -0.3 is 15.4 Å². The van der Waals surface area contributed by atoms with Crippen LogP contribution in [0.25, 0.3) is 10.2 Å². The summed E-state index contributed by atoms with van der Waals surface area (Å²) in [5.74, 6) is -0.0491. The number of benzene rings is 2. The van der Waals surface area contributed by atoms with Crippen LogP contribution in [0.5, 0.6) is 0 Å². The first-order valence-corrected chi connectivity index (χ1v) is 11.7. The molecule has 4 aromatic rings. The number of fused-ring (bicyclic) bond motifs is 1. The van der Waals surface area contributed by atoms with Crippen molar-refractivity contribution >= 4 is 33.3 Å². The first-order chi connectivity index (χ1) is 16.5. The van der Waals surface area contributed by atoms with Crippen molar-refractivity contribution < 1.29 is 18.3 Å². The van der Waals surface area contributed by atoms with E-state index in [2.05, 4.69) is 20.6 Å². The van der Waals surface area contributed by atoms with E-state index in [9.17, 15) is 13.6 Å². The van der Waals surface area contributed by atoms with Gasteiger partial charge in [0, 0.05) is 24.2 Å². The van der Waals surface area contributed by atoms with Crippen molar-refractivity contribution in [1.29, 1.82) is 0 Å². The van der Waals surface area contributed by atoms with E-state index in [0.29, 0.717) is 50.0 Å². The van der Waals surface area contributed by atoms with Gasteiger partial charge in [-0.2, -0.15) is 0 Å². The van der Waals surface area contributed by atoms with E-state index in [0.717, 1.165) is 0 Å². The van der Waals surface area contributed by atoms with Gasteiger partial charge in [0.25, 0.3) is 0 Å². The van der Waals surface area contributed by atoms with Gasteiger partial charge in [-0.3, -0.25) is 0 Å². The predicted octanol–water partition coefficient (Wildman–Crippen LogP) is 5.36. The normalized spacial score (nSPS) is 11.1. The molecule has 2 aromatic heterocycles. The number of nitrogens with zero attached hydrogens (tertiary/aromatic N) is 2. The third-order valence-electron chi connectivity index (χ3n) is 5.26. The summed E-state index contributed by atoms with van der Waals surface area (Å²) in [6, 6.07) is 13.0. The fraction of sp³-hybridized carbons (Fsp3) is 0.240. The van der Waals surface area contributed by atoms with Crippen LogP contribution in [0.3, 0.4) is 0 Å². The van der Waals surface area contributed by atoms with Gasteiger partial charge in [-0.15, -0.1) is 11.3 Å². The molecule has 176 valence electrons. The maximum Gasteiger partial charge on any atom is 0.348 e. The molecule has 2 heterocycles. The number of thiophene rings is 1. The van der Waals surface area contributed by atoms with Gasteiger partial charge in [-0.05, 0) is 31.5 Å². The van der Waals surface area contributed by atoms with Gasteiger partial charge in [0.2, 0.25) is 0 Å². The molecule has 0 atom stereocenters. The average Bonchev–Trinajstić information content (AvgIpc) is 3.16. The van der Waals surface area contributed by atoms with Crippen molar-refractivity contribution in [3.63, 3.8) is 0 Å². The Morgan fingerprint density at radius 3 is 2.26 bits per heavy atom. The standard InChI is InChI=1S/C25H24F2N4O2S/c1-3-33-25(32)22-15(2)21-23(29-13-17-9-5-7-11-19(17)27)30-20(31-24(21)34-22)14-28-12-16-8-4-6-10-18(16)26/h4-11,28H,3,12-14H2,1-2H3,(H,29,30,31). The number of aryl methyl sites for hydroxylation is 1. The molecule has 0 saturated carbocycles. The summed E-state index contributed by atoms with van der Waals surface area (Å²) in [6.07, 6.45) is 0. The molecule has 2 N–H and O–H groups in total. The second-order valence-electron chi connectivity index (χ2n) is 7.59. The summed E-state index contributed by atoms with van der Waals surface area (Å²) in [5, 5.41) is 7.06. The Morgan fingerprint density at radius 2 is 1.62 bits per heavy atom. The molecular weight excluding hydrogens is 458 g/mol. The van der Waals surface area contributed by atoms with Crippen molar-refractivity contribution in [2.75, 3.05) is 11.9 Å². The van der Waals surface area contributed by atoms with E-state index in [1.54, 1.807) is 43.3 Å². The van der Waals surface area contributed by atoms with E-state index < -0.39 is 5.97 Å². The molecule has 0 aliphatic carbocycles. The van der Waals surface area contributed by atoms with Crippen LogP contribution >= 0.6 is 11.3 Å². The third-order valence-corrected chi connectivity index (χ3v) is 6.42. The van der Waals surface area contributed by atoms with Gasteiger partial charge in [-0.25, -0.2) is 23.5 Å². The Balaban J connectivity index is 1.64. The highest BCUT2D eigenvalue weighted by atomic mass is 32.1. The SMILES string of the molecule is CCOC(=O)c1sc2nc(CNCc3ccccc3F)nc(NCc3ccccc3F)c2c1C. The van der Waals surface area contributed by atoms with Crippen molar-refractivity contribution in [2.45, 2.75) is 33.5 Å². The van der Waals surface area contributed by atoms with Crippen molar-refractivity contribution in [3.8, 4) is 0 Å². The number of anilines is 1. The van der Waals surface area contributed by atoms with Crippen LogP contribution in [0.1, 0.15) is 39.1 Å². The van der Waals surface area contributed by atoms with Gasteiger partial charge >= 0.3 is 5.97 Å². The zero-order valence-corrected chi connectivity index (χ0v) is 19.6. The maximum absolute atomic E-state index is 14.1. The molecule has 0 aliphatic rings. The molecule has 0 aliphatic heterocycles. The van der Waals surface area contributed by atoms with E-state index in [1.807, 2.05) is 6.92 Å². The maximum atomic E-state index is 14.1. The summed E-state index contributed by atoms with van der Waals surface area (Å²) in [4.78, 5) is 22.8. The lowest BCUT2D eigenvalue weighted by Crippen LogP contribution is -2.16. The van der Waals surface area contributed by atoms with E-state index in [4.69, 9.17) is 4.74 Å². The Bertz CT molecular complexity index is 1330. The molecule has 0 saturated heterocycles. The summed E-state index contributed by atoms with van der Waals surface area (Å²) in [7, 11) is 0. The minimum atomic E-state index is -0.415. The Labute approximate surface area is 200 Å². The number of hydrogen-bond donors (Lipinski definition) is 2. The molecule has 9 heteroatoms. The molecule has 0 bridgehead atoms. The number of aromatic nitrogens is 2. The zero-order valence-electron chi connectivity index (χ0n) is 18.8. The van der Waals surface area contributed by atoms with Crippen molar-refractivity contribution in [2.24, 2.45) is 0 Å². The van der Waals surface area contributed by atoms with Crippen molar-refractivity contribution in [3.05, 3.63) is 87.6 Å². The minimum Gasteiger partial charge on any atom is -0.462 e. The Morgan fingerprint density at radius 1 is 0.971 bits per heavy atom. The predicted molar refractivity (Wildman–Crippen MR) is 129 cm³/mol. The molecule has 34 heavy (non-hydrogen) atoms. The van der Waals surface area contributed by atoms with Crippen LogP contribution in [-0.2, 0) is 24.4 Å². The van der Waals surface area contributed by atoms with E-state index in [1.165, 1.54) is 23.5 Å². The molecule has 0 radical (unpaired) electrons.